The predicted octanol–water partition coefficient (Wildman–Crippen LogP) is 1.58. The fraction of sp³-hybridized carbons (Fsp3) is 0.385. The summed E-state index contributed by atoms with van der Waals surface area (Å²) < 4.78 is 4.91. The molecule has 1 aromatic heterocycles. The summed E-state index contributed by atoms with van der Waals surface area (Å²) in [6, 6.07) is 5.45. The van der Waals surface area contributed by atoms with Gasteiger partial charge in [-0.25, -0.2) is 4.79 Å². The Balaban J connectivity index is 1.99. The molecule has 0 aliphatic rings. The summed E-state index contributed by atoms with van der Waals surface area (Å²) >= 11 is 0. The third-order valence-corrected chi connectivity index (χ3v) is 2.70. The maximum atomic E-state index is 11.5. The van der Waals surface area contributed by atoms with Crippen LogP contribution >= 0.6 is 0 Å². The van der Waals surface area contributed by atoms with Gasteiger partial charge >= 0.3 is 5.76 Å². The Labute approximate surface area is 104 Å². The zero-order chi connectivity index (χ0) is 13.0. The van der Waals surface area contributed by atoms with E-state index in [1.165, 1.54) is 0 Å². The number of H-pyrrole nitrogens is 1. The highest BCUT2D eigenvalue weighted by molar-refractivity contribution is 5.77. The summed E-state index contributed by atoms with van der Waals surface area (Å²) in [6.45, 7) is 2.73. The van der Waals surface area contributed by atoms with Crippen molar-refractivity contribution in [1.29, 1.82) is 0 Å². The van der Waals surface area contributed by atoms with Gasteiger partial charge in [0.2, 0.25) is 5.91 Å². The number of rotatable bonds is 5. The van der Waals surface area contributed by atoms with Gasteiger partial charge in [0.25, 0.3) is 0 Å². The zero-order valence-corrected chi connectivity index (χ0v) is 10.3. The van der Waals surface area contributed by atoms with Crippen LogP contribution in [0.3, 0.4) is 0 Å². The van der Waals surface area contributed by atoms with Crippen LogP contribution < -0.4 is 11.1 Å². The fourth-order valence-corrected chi connectivity index (χ4v) is 1.77. The molecule has 0 radical (unpaired) electrons. The van der Waals surface area contributed by atoms with Crippen LogP contribution in [0.5, 0.6) is 0 Å². The molecule has 0 aliphatic heterocycles. The maximum Gasteiger partial charge on any atom is 0.417 e. The molecule has 0 aliphatic carbocycles. The van der Waals surface area contributed by atoms with Crippen molar-refractivity contribution >= 4 is 17.0 Å². The second kappa shape index (κ2) is 5.53. The Bertz CT molecular complexity index is 598. The zero-order valence-electron chi connectivity index (χ0n) is 10.3. The number of hydrogen-bond acceptors (Lipinski definition) is 3. The van der Waals surface area contributed by atoms with Crippen molar-refractivity contribution in [2.45, 2.75) is 26.2 Å². The average Bonchev–Trinajstić information content (AvgIpc) is 2.73. The number of hydrogen-bond donors (Lipinski definition) is 2. The number of nitrogens with one attached hydrogen (secondary N) is 2. The lowest BCUT2D eigenvalue weighted by molar-refractivity contribution is -0.121. The second-order valence-electron chi connectivity index (χ2n) is 4.19. The number of amides is 1. The molecule has 96 valence electrons. The largest absolute Gasteiger partial charge is 0.417 e. The minimum atomic E-state index is -0.456. The maximum absolute atomic E-state index is 11.5. The number of aromatic nitrogens is 1. The molecule has 0 fully saturated rings. The third kappa shape index (κ3) is 3.00. The lowest BCUT2D eigenvalue weighted by Crippen LogP contribution is -2.24. The van der Waals surface area contributed by atoms with Crippen LogP contribution in [0.4, 0.5) is 0 Å². The van der Waals surface area contributed by atoms with Gasteiger partial charge < -0.3 is 9.73 Å². The van der Waals surface area contributed by atoms with E-state index < -0.39 is 5.76 Å². The predicted molar refractivity (Wildman–Crippen MR) is 68.5 cm³/mol. The van der Waals surface area contributed by atoms with Crippen molar-refractivity contribution in [3.63, 3.8) is 0 Å². The third-order valence-electron chi connectivity index (χ3n) is 2.70. The smallest absolute Gasteiger partial charge is 0.408 e. The van der Waals surface area contributed by atoms with Gasteiger partial charge in [-0.1, -0.05) is 13.0 Å². The van der Waals surface area contributed by atoms with E-state index in [1.54, 1.807) is 6.07 Å². The number of carbonyl (C=O) groups is 1. The van der Waals surface area contributed by atoms with E-state index in [0.717, 1.165) is 12.0 Å². The number of benzene rings is 1. The molecule has 5 nitrogen and oxygen atoms in total. The van der Waals surface area contributed by atoms with Crippen molar-refractivity contribution in [3.8, 4) is 0 Å². The Morgan fingerprint density at radius 1 is 1.44 bits per heavy atom. The minimum absolute atomic E-state index is 0.0534. The molecule has 1 amide bonds. The molecule has 1 aromatic carbocycles. The van der Waals surface area contributed by atoms with Crippen molar-refractivity contribution in [2.75, 3.05) is 6.54 Å². The van der Waals surface area contributed by atoms with Crippen LogP contribution in [0.1, 0.15) is 25.3 Å². The first kappa shape index (κ1) is 12.4. The van der Waals surface area contributed by atoms with Crippen LogP contribution in [0.25, 0.3) is 11.1 Å². The van der Waals surface area contributed by atoms with Gasteiger partial charge in [0.05, 0.1) is 5.52 Å². The Kier molecular flexibility index (Phi) is 3.82. The molecule has 0 bridgehead atoms. The Morgan fingerprint density at radius 3 is 3.06 bits per heavy atom. The second-order valence-corrected chi connectivity index (χ2v) is 4.19. The molecular weight excluding hydrogens is 232 g/mol. The Hall–Kier alpha value is -2.04. The number of carbonyl (C=O) groups excluding carboxylic acids is 1. The summed E-state index contributed by atoms with van der Waals surface area (Å²) in [5.74, 6) is -0.402. The SMILES string of the molecule is CCCNC(=O)CCc1ccc2oc(=O)[nH]c2c1. The van der Waals surface area contributed by atoms with Gasteiger partial charge in [0.15, 0.2) is 5.58 Å². The van der Waals surface area contributed by atoms with Gasteiger partial charge in [-0.05, 0) is 30.5 Å². The quantitative estimate of drug-likeness (QED) is 0.843. The molecule has 0 saturated heterocycles. The van der Waals surface area contributed by atoms with Gasteiger partial charge in [-0.15, -0.1) is 0 Å². The van der Waals surface area contributed by atoms with E-state index >= 15 is 0 Å². The fourth-order valence-electron chi connectivity index (χ4n) is 1.77. The van der Waals surface area contributed by atoms with E-state index in [4.69, 9.17) is 4.42 Å². The van der Waals surface area contributed by atoms with Crippen LogP contribution in [0.15, 0.2) is 27.4 Å². The summed E-state index contributed by atoms with van der Waals surface area (Å²) in [7, 11) is 0. The molecule has 1 heterocycles. The molecular formula is C13H16N2O3. The highest BCUT2D eigenvalue weighted by Crippen LogP contribution is 2.13. The topological polar surface area (TPSA) is 75.1 Å². The van der Waals surface area contributed by atoms with Crippen LogP contribution in [0, 0.1) is 0 Å². The molecule has 2 N–H and O–H groups in total. The monoisotopic (exact) mass is 248 g/mol. The molecule has 0 atom stereocenters. The lowest BCUT2D eigenvalue weighted by Gasteiger charge is -2.03. The molecule has 2 rings (SSSR count). The van der Waals surface area contributed by atoms with E-state index in [1.807, 2.05) is 19.1 Å². The molecule has 0 saturated carbocycles. The highest BCUT2D eigenvalue weighted by Gasteiger charge is 2.04. The van der Waals surface area contributed by atoms with Gasteiger partial charge in [0, 0.05) is 13.0 Å². The molecule has 2 aromatic rings. The van der Waals surface area contributed by atoms with Crippen LogP contribution in [-0.4, -0.2) is 17.4 Å². The van der Waals surface area contributed by atoms with Gasteiger partial charge in [-0.3, -0.25) is 9.78 Å². The molecule has 18 heavy (non-hydrogen) atoms. The highest BCUT2D eigenvalue weighted by atomic mass is 16.4. The first-order valence-corrected chi connectivity index (χ1v) is 6.07. The molecule has 0 unspecified atom stereocenters. The molecule has 0 spiro atoms. The Morgan fingerprint density at radius 2 is 2.28 bits per heavy atom. The molecule has 5 heteroatoms. The van der Waals surface area contributed by atoms with Crippen molar-refractivity contribution in [2.24, 2.45) is 0 Å². The lowest BCUT2D eigenvalue weighted by atomic mass is 10.1. The number of oxazole rings is 1. The van der Waals surface area contributed by atoms with Crippen LogP contribution in [0.2, 0.25) is 0 Å². The number of aryl methyl sites for hydroxylation is 1. The first-order valence-electron chi connectivity index (χ1n) is 6.07. The summed E-state index contributed by atoms with van der Waals surface area (Å²) in [5.41, 5.74) is 2.22. The van der Waals surface area contributed by atoms with E-state index in [-0.39, 0.29) is 5.91 Å². The first-order chi connectivity index (χ1) is 8.69. The standard InChI is InChI=1S/C13H16N2O3/c1-2-7-14-12(16)6-4-9-3-5-11-10(8-9)15-13(17)18-11/h3,5,8H,2,4,6-7H2,1H3,(H,14,16)(H,15,17). The van der Waals surface area contributed by atoms with E-state index in [9.17, 15) is 9.59 Å². The van der Waals surface area contributed by atoms with Crippen molar-refractivity contribution in [1.82, 2.24) is 10.3 Å². The summed E-state index contributed by atoms with van der Waals surface area (Å²) in [4.78, 5) is 25.1. The normalized spacial score (nSPS) is 10.7. The summed E-state index contributed by atoms with van der Waals surface area (Å²) in [6.07, 6.45) is 2.04. The summed E-state index contributed by atoms with van der Waals surface area (Å²) in [5, 5.41) is 2.83. The van der Waals surface area contributed by atoms with E-state index in [2.05, 4.69) is 10.3 Å². The number of fused-ring (bicyclic) bond motifs is 1. The van der Waals surface area contributed by atoms with Crippen LogP contribution in [-0.2, 0) is 11.2 Å². The average molecular weight is 248 g/mol. The number of aromatic amines is 1. The van der Waals surface area contributed by atoms with Gasteiger partial charge in [-0.2, -0.15) is 0 Å². The van der Waals surface area contributed by atoms with Crippen molar-refractivity contribution < 1.29 is 9.21 Å². The van der Waals surface area contributed by atoms with E-state index in [0.29, 0.717) is 30.5 Å². The minimum Gasteiger partial charge on any atom is -0.408 e. The van der Waals surface area contributed by atoms with Crippen molar-refractivity contribution in [3.05, 3.63) is 34.3 Å². The van der Waals surface area contributed by atoms with Gasteiger partial charge in [0.1, 0.15) is 0 Å².